The van der Waals surface area contributed by atoms with Crippen LogP contribution in [0.2, 0.25) is 0 Å². The maximum Gasteiger partial charge on any atom is 0.253 e. The zero-order valence-corrected chi connectivity index (χ0v) is 8.73. The summed E-state index contributed by atoms with van der Waals surface area (Å²) >= 11 is 0. The molecule has 4 N–H and O–H groups in total. The average Bonchev–Trinajstić information content (AvgIpc) is 2.26. The van der Waals surface area contributed by atoms with Gasteiger partial charge in [-0.2, -0.15) is 0 Å². The van der Waals surface area contributed by atoms with Crippen LogP contribution >= 0.6 is 0 Å². The molecule has 0 aromatic heterocycles. The van der Waals surface area contributed by atoms with E-state index < -0.39 is 0 Å². The van der Waals surface area contributed by atoms with Crippen molar-refractivity contribution in [3.63, 3.8) is 0 Å². The van der Waals surface area contributed by atoms with Gasteiger partial charge in [0.1, 0.15) is 0 Å². The van der Waals surface area contributed by atoms with Crippen molar-refractivity contribution in [2.45, 2.75) is 19.4 Å². The molecule has 1 amide bonds. The molecule has 0 aliphatic heterocycles. The van der Waals surface area contributed by atoms with Crippen molar-refractivity contribution in [3.8, 4) is 0 Å². The largest absolute Gasteiger partial charge is 0.398 e. The third kappa shape index (κ3) is 2.95. The summed E-state index contributed by atoms with van der Waals surface area (Å²) in [6, 6.07) is 6.65. The van der Waals surface area contributed by atoms with Gasteiger partial charge in [0.2, 0.25) is 0 Å². The van der Waals surface area contributed by atoms with Crippen molar-refractivity contribution in [3.05, 3.63) is 29.8 Å². The van der Waals surface area contributed by atoms with Crippen molar-refractivity contribution >= 4 is 11.6 Å². The van der Waals surface area contributed by atoms with Gasteiger partial charge >= 0.3 is 0 Å². The third-order valence-corrected chi connectivity index (χ3v) is 2.25. The number of hydrogen-bond donors (Lipinski definition) is 3. The lowest BCUT2D eigenvalue weighted by molar-refractivity contribution is 0.0916. The molecule has 0 spiro atoms. The molecule has 0 saturated carbocycles. The molecule has 4 nitrogen and oxygen atoms in total. The Morgan fingerprint density at radius 3 is 2.73 bits per heavy atom. The first kappa shape index (κ1) is 11.5. The Hall–Kier alpha value is -1.55. The predicted molar refractivity (Wildman–Crippen MR) is 59.5 cm³/mol. The van der Waals surface area contributed by atoms with Crippen LogP contribution in [0.25, 0.3) is 0 Å². The van der Waals surface area contributed by atoms with Gasteiger partial charge in [0.25, 0.3) is 5.91 Å². The number of nitrogens with one attached hydrogen (secondary N) is 1. The molecule has 0 aliphatic carbocycles. The second kappa shape index (κ2) is 5.36. The quantitative estimate of drug-likeness (QED) is 0.640. The number of rotatable bonds is 4. The number of nitrogen functional groups attached to an aromatic ring is 1. The van der Waals surface area contributed by atoms with Gasteiger partial charge in [0.05, 0.1) is 18.2 Å². The number of carbonyl (C=O) groups is 1. The molecule has 1 aromatic rings. The molecule has 4 heteroatoms. The zero-order chi connectivity index (χ0) is 11.3. The lowest BCUT2D eigenvalue weighted by Gasteiger charge is -2.14. The number of benzene rings is 1. The lowest BCUT2D eigenvalue weighted by atomic mass is 10.1. The van der Waals surface area contributed by atoms with Gasteiger partial charge in [-0.1, -0.05) is 19.1 Å². The first-order valence-electron chi connectivity index (χ1n) is 4.95. The molecule has 1 aromatic carbocycles. The van der Waals surface area contributed by atoms with Gasteiger partial charge in [-0.15, -0.1) is 0 Å². The third-order valence-electron chi connectivity index (χ3n) is 2.25. The molecule has 1 unspecified atom stereocenters. The average molecular weight is 208 g/mol. The summed E-state index contributed by atoms with van der Waals surface area (Å²) in [4.78, 5) is 11.7. The molecule has 0 fully saturated rings. The van der Waals surface area contributed by atoms with E-state index in [0.29, 0.717) is 17.7 Å². The van der Waals surface area contributed by atoms with Crippen molar-refractivity contribution in [2.75, 3.05) is 12.3 Å². The molecule has 15 heavy (non-hydrogen) atoms. The highest BCUT2D eigenvalue weighted by molar-refractivity contribution is 5.99. The zero-order valence-electron chi connectivity index (χ0n) is 8.73. The summed E-state index contributed by atoms with van der Waals surface area (Å²) in [5.74, 6) is -0.242. The van der Waals surface area contributed by atoms with Gasteiger partial charge in [-0.25, -0.2) is 0 Å². The van der Waals surface area contributed by atoms with Crippen molar-refractivity contribution in [2.24, 2.45) is 0 Å². The number of anilines is 1. The van der Waals surface area contributed by atoms with E-state index in [-0.39, 0.29) is 18.6 Å². The van der Waals surface area contributed by atoms with Crippen molar-refractivity contribution in [1.82, 2.24) is 5.32 Å². The first-order valence-corrected chi connectivity index (χ1v) is 4.95. The number of amides is 1. The van der Waals surface area contributed by atoms with Crippen LogP contribution in [-0.4, -0.2) is 23.7 Å². The predicted octanol–water partition coefficient (Wildman–Crippen LogP) is 0.770. The fourth-order valence-electron chi connectivity index (χ4n) is 1.24. The molecule has 1 rings (SSSR count). The van der Waals surface area contributed by atoms with Crippen molar-refractivity contribution < 1.29 is 9.90 Å². The minimum atomic E-state index is -0.242. The second-order valence-corrected chi connectivity index (χ2v) is 3.35. The van der Waals surface area contributed by atoms with E-state index in [0.717, 1.165) is 0 Å². The van der Waals surface area contributed by atoms with Crippen LogP contribution in [0.3, 0.4) is 0 Å². The Kier molecular flexibility index (Phi) is 4.12. The Morgan fingerprint density at radius 2 is 2.20 bits per heavy atom. The van der Waals surface area contributed by atoms with Gasteiger partial charge in [-0.3, -0.25) is 4.79 Å². The summed E-state index contributed by atoms with van der Waals surface area (Å²) < 4.78 is 0. The van der Waals surface area contributed by atoms with Crippen LogP contribution in [-0.2, 0) is 0 Å². The van der Waals surface area contributed by atoms with Gasteiger partial charge in [-0.05, 0) is 18.6 Å². The van der Waals surface area contributed by atoms with E-state index in [1.165, 1.54) is 0 Å². The first-order chi connectivity index (χ1) is 7.19. The van der Waals surface area contributed by atoms with E-state index in [1.807, 2.05) is 6.92 Å². The highest BCUT2D eigenvalue weighted by atomic mass is 16.3. The summed E-state index contributed by atoms with van der Waals surface area (Å²) in [5.41, 5.74) is 6.55. The maximum absolute atomic E-state index is 11.7. The number of hydrogen-bond acceptors (Lipinski definition) is 3. The number of carbonyl (C=O) groups excluding carboxylic acids is 1. The minimum absolute atomic E-state index is 0.0605. The minimum Gasteiger partial charge on any atom is -0.398 e. The molecule has 1 atom stereocenters. The van der Waals surface area contributed by atoms with Crippen molar-refractivity contribution in [1.29, 1.82) is 0 Å². The topological polar surface area (TPSA) is 75.3 Å². The Balaban J connectivity index is 2.73. The SMILES string of the molecule is CCC(CO)NC(=O)c1ccccc1N. The van der Waals surface area contributed by atoms with Crippen LogP contribution in [0, 0.1) is 0 Å². The number of nitrogens with two attached hydrogens (primary N) is 1. The van der Waals surface area contributed by atoms with E-state index in [1.54, 1.807) is 24.3 Å². The highest BCUT2D eigenvalue weighted by Crippen LogP contribution is 2.10. The molecular formula is C11H16N2O2. The smallest absolute Gasteiger partial charge is 0.253 e. The number of para-hydroxylation sites is 1. The van der Waals surface area contributed by atoms with Gasteiger partial charge in [0.15, 0.2) is 0 Å². The normalized spacial score (nSPS) is 12.1. The monoisotopic (exact) mass is 208 g/mol. The molecular weight excluding hydrogens is 192 g/mol. The summed E-state index contributed by atoms with van der Waals surface area (Å²) in [6.07, 6.45) is 0.689. The molecule has 82 valence electrons. The van der Waals surface area contributed by atoms with Crippen LogP contribution in [0.4, 0.5) is 5.69 Å². The number of aliphatic hydroxyl groups is 1. The summed E-state index contributed by atoms with van der Waals surface area (Å²) in [6.45, 7) is 1.84. The number of aliphatic hydroxyl groups excluding tert-OH is 1. The van der Waals surface area contributed by atoms with Crippen LogP contribution in [0.15, 0.2) is 24.3 Å². The Morgan fingerprint density at radius 1 is 1.53 bits per heavy atom. The van der Waals surface area contributed by atoms with E-state index in [9.17, 15) is 4.79 Å². The fraction of sp³-hybridized carbons (Fsp3) is 0.364. The second-order valence-electron chi connectivity index (χ2n) is 3.35. The Bertz CT molecular complexity index is 335. The van der Waals surface area contributed by atoms with Crippen LogP contribution in [0.1, 0.15) is 23.7 Å². The molecule has 0 saturated heterocycles. The fourth-order valence-corrected chi connectivity index (χ4v) is 1.24. The van der Waals surface area contributed by atoms with Gasteiger partial charge in [0, 0.05) is 5.69 Å². The molecule has 0 heterocycles. The van der Waals surface area contributed by atoms with Crippen LogP contribution < -0.4 is 11.1 Å². The van der Waals surface area contributed by atoms with Gasteiger partial charge < -0.3 is 16.2 Å². The Labute approximate surface area is 89.1 Å². The summed E-state index contributed by atoms with van der Waals surface area (Å²) in [5, 5.41) is 11.6. The summed E-state index contributed by atoms with van der Waals surface area (Å²) in [7, 11) is 0. The standard InChI is InChI=1S/C11H16N2O2/c1-2-8(7-14)13-11(15)9-5-3-4-6-10(9)12/h3-6,8,14H,2,7,12H2,1H3,(H,13,15). The molecule has 0 aliphatic rings. The molecule has 0 radical (unpaired) electrons. The lowest BCUT2D eigenvalue weighted by Crippen LogP contribution is -2.37. The highest BCUT2D eigenvalue weighted by Gasteiger charge is 2.12. The molecule has 0 bridgehead atoms. The van der Waals surface area contributed by atoms with Crippen LogP contribution in [0.5, 0.6) is 0 Å². The van der Waals surface area contributed by atoms with E-state index in [2.05, 4.69) is 5.32 Å². The van der Waals surface area contributed by atoms with E-state index >= 15 is 0 Å². The maximum atomic E-state index is 11.7. The van der Waals surface area contributed by atoms with E-state index in [4.69, 9.17) is 10.8 Å².